The Morgan fingerprint density at radius 3 is 2.43 bits per heavy atom. The molecule has 0 aliphatic rings. The average molecular weight is 193 g/mol. The summed E-state index contributed by atoms with van der Waals surface area (Å²) in [4.78, 5) is 0. The third-order valence-corrected chi connectivity index (χ3v) is 2.83. The number of ether oxygens (including phenoxy) is 1. The second kappa shape index (κ2) is 5.01. The zero-order valence-electron chi connectivity index (χ0n) is 9.37. The van der Waals surface area contributed by atoms with E-state index < -0.39 is 0 Å². The second-order valence-electron chi connectivity index (χ2n) is 3.61. The molecule has 2 atom stereocenters. The van der Waals surface area contributed by atoms with Gasteiger partial charge in [-0.05, 0) is 31.5 Å². The number of rotatable bonds is 4. The standard InChI is InChI=1S/C12H19NO/c1-9(10(2)13-3)11-7-5-6-8-12(11)14-4/h5-10,13H,1-4H3. The molecule has 1 aromatic carbocycles. The van der Waals surface area contributed by atoms with Crippen molar-refractivity contribution < 1.29 is 4.74 Å². The van der Waals surface area contributed by atoms with Gasteiger partial charge in [0.2, 0.25) is 0 Å². The molecule has 78 valence electrons. The highest BCUT2D eigenvalue weighted by molar-refractivity contribution is 5.36. The van der Waals surface area contributed by atoms with E-state index in [2.05, 4.69) is 31.3 Å². The van der Waals surface area contributed by atoms with Crippen molar-refractivity contribution in [3.8, 4) is 5.75 Å². The minimum atomic E-state index is 0.450. The Balaban J connectivity index is 2.93. The molecule has 1 aromatic rings. The summed E-state index contributed by atoms with van der Waals surface area (Å²) in [6.45, 7) is 4.39. The molecule has 2 heteroatoms. The number of hydrogen-bond donors (Lipinski definition) is 1. The van der Waals surface area contributed by atoms with Gasteiger partial charge in [-0.25, -0.2) is 0 Å². The van der Waals surface area contributed by atoms with Gasteiger partial charge in [0.05, 0.1) is 7.11 Å². The first-order chi connectivity index (χ1) is 6.70. The van der Waals surface area contributed by atoms with Crippen LogP contribution in [0.5, 0.6) is 5.75 Å². The Morgan fingerprint density at radius 2 is 1.86 bits per heavy atom. The number of benzene rings is 1. The van der Waals surface area contributed by atoms with E-state index in [-0.39, 0.29) is 0 Å². The van der Waals surface area contributed by atoms with Crippen LogP contribution in [0.15, 0.2) is 24.3 Å². The monoisotopic (exact) mass is 193 g/mol. The molecule has 0 aliphatic carbocycles. The molecule has 0 saturated heterocycles. The molecule has 0 radical (unpaired) electrons. The first-order valence-corrected chi connectivity index (χ1v) is 5.01. The number of methoxy groups -OCH3 is 1. The van der Waals surface area contributed by atoms with Crippen LogP contribution in [-0.2, 0) is 0 Å². The van der Waals surface area contributed by atoms with E-state index in [0.29, 0.717) is 12.0 Å². The van der Waals surface area contributed by atoms with E-state index in [0.717, 1.165) is 5.75 Å². The van der Waals surface area contributed by atoms with Gasteiger partial charge in [-0.1, -0.05) is 25.1 Å². The first-order valence-electron chi connectivity index (χ1n) is 5.01. The van der Waals surface area contributed by atoms with Crippen LogP contribution in [-0.4, -0.2) is 20.2 Å². The predicted octanol–water partition coefficient (Wildman–Crippen LogP) is 2.41. The van der Waals surface area contributed by atoms with Crippen molar-refractivity contribution in [3.63, 3.8) is 0 Å². The Morgan fingerprint density at radius 1 is 1.21 bits per heavy atom. The van der Waals surface area contributed by atoms with Crippen molar-refractivity contribution in [2.24, 2.45) is 0 Å². The molecule has 0 bridgehead atoms. The predicted molar refractivity (Wildman–Crippen MR) is 59.9 cm³/mol. The van der Waals surface area contributed by atoms with Crippen molar-refractivity contribution in [2.75, 3.05) is 14.2 Å². The molecule has 0 aromatic heterocycles. The highest BCUT2D eigenvalue weighted by atomic mass is 16.5. The van der Waals surface area contributed by atoms with E-state index in [9.17, 15) is 0 Å². The molecule has 2 nitrogen and oxygen atoms in total. The summed E-state index contributed by atoms with van der Waals surface area (Å²) in [5.41, 5.74) is 1.26. The van der Waals surface area contributed by atoms with Crippen LogP contribution >= 0.6 is 0 Å². The van der Waals surface area contributed by atoms with Crippen molar-refractivity contribution >= 4 is 0 Å². The molecule has 0 spiro atoms. The van der Waals surface area contributed by atoms with Crippen LogP contribution in [0.1, 0.15) is 25.3 Å². The summed E-state index contributed by atoms with van der Waals surface area (Å²) in [6, 6.07) is 8.63. The van der Waals surface area contributed by atoms with Gasteiger partial charge >= 0.3 is 0 Å². The van der Waals surface area contributed by atoms with E-state index in [1.54, 1.807) is 7.11 Å². The minimum absolute atomic E-state index is 0.450. The maximum absolute atomic E-state index is 5.33. The Labute approximate surface area is 86.3 Å². The SMILES string of the molecule is CNC(C)C(C)c1ccccc1OC. The molecular formula is C12H19NO. The van der Waals surface area contributed by atoms with E-state index in [4.69, 9.17) is 4.74 Å². The van der Waals surface area contributed by atoms with Gasteiger partial charge in [-0.2, -0.15) is 0 Å². The third-order valence-electron chi connectivity index (χ3n) is 2.83. The highest BCUT2D eigenvalue weighted by Gasteiger charge is 2.15. The zero-order chi connectivity index (χ0) is 10.6. The van der Waals surface area contributed by atoms with Crippen LogP contribution in [0.3, 0.4) is 0 Å². The molecule has 1 N–H and O–H groups in total. The second-order valence-corrected chi connectivity index (χ2v) is 3.61. The van der Waals surface area contributed by atoms with E-state index >= 15 is 0 Å². The summed E-state index contributed by atoms with van der Waals surface area (Å²) in [6.07, 6.45) is 0. The van der Waals surface area contributed by atoms with Gasteiger partial charge in [0.15, 0.2) is 0 Å². The lowest BCUT2D eigenvalue weighted by Gasteiger charge is -2.21. The lowest BCUT2D eigenvalue weighted by molar-refractivity contribution is 0.400. The molecular weight excluding hydrogens is 174 g/mol. The third kappa shape index (κ3) is 2.26. The van der Waals surface area contributed by atoms with E-state index in [1.807, 2.05) is 19.2 Å². The minimum Gasteiger partial charge on any atom is -0.496 e. The van der Waals surface area contributed by atoms with Crippen LogP contribution in [0.25, 0.3) is 0 Å². The zero-order valence-corrected chi connectivity index (χ0v) is 9.37. The fourth-order valence-electron chi connectivity index (χ4n) is 1.56. The highest BCUT2D eigenvalue weighted by Crippen LogP contribution is 2.27. The first kappa shape index (κ1) is 11.1. The summed E-state index contributed by atoms with van der Waals surface area (Å²) in [7, 11) is 3.70. The Bertz CT molecular complexity index is 285. The smallest absolute Gasteiger partial charge is 0.122 e. The van der Waals surface area contributed by atoms with Crippen molar-refractivity contribution in [3.05, 3.63) is 29.8 Å². The van der Waals surface area contributed by atoms with Gasteiger partial charge in [-0.3, -0.25) is 0 Å². The summed E-state index contributed by atoms with van der Waals surface area (Å²) < 4.78 is 5.33. The normalized spacial score (nSPS) is 14.9. The molecule has 2 unspecified atom stereocenters. The van der Waals surface area contributed by atoms with Crippen LogP contribution in [0.2, 0.25) is 0 Å². The lowest BCUT2D eigenvalue weighted by Crippen LogP contribution is -2.27. The molecule has 14 heavy (non-hydrogen) atoms. The number of likely N-dealkylation sites (N-methyl/N-ethyl adjacent to an activating group) is 1. The quantitative estimate of drug-likeness (QED) is 0.793. The topological polar surface area (TPSA) is 21.3 Å². The average Bonchev–Trinajstić information content (AvgIpc) is 2.26. The van der Waals surface area contributed by atoms with Gasteiger partial charge in [0.25, 0.3) is 0 Å². The number of para-hydroxylation sites is 1. The molecule has 0 amide bonds. The Kier molecular flexibility index (Phi) is 3.96. The fourth-order valence-corrected chi connectivity index (χ4v) is 1.56. The van der Waals surface area contributed by atoms with Gasteiger partial charge in [-0.15, -0.1) is 0 Å². The summed E-state index contributed by atoms with van der Waals surface area (Å²) in [5.74, 6) is 1.43. The number of nitrogens with one attached hydrogen (secondary N) is 1. The lowest BCUT2D eigenvalue weighted by atomic mass is 9.94. The van der Waals surface area contributed by atoms with Gasteiger partial charge in [0, 0.05) is 6.04 Å². The molecule has 0 saturated carbocycles. The van der Waals surface area contributed by atoms with E-state index in [1.165, 1.54) is 5.56 Å². The summed E-state index contributed by atoms with van der Waals surface area (Å²) >= 11 is 0. The maximum atomic E-state index is 5.33. The fraction of sp³-hybridized carbons (Fsp3) is 0.500. The molecule has 0 fully saturated rings. The van der Waals surface area contributed by atoms with Gasteiger partial charge < -0.3 is 10.1 Å². The summed E-state index contributed by atoms with van der Waals surface area (Å²) in [5, 5.41) is 3.26. The molecule has 1 rings (SSSR count). The van der Waals surface area contributed by atoms with Crippen molar-refractivity contribution in [1.29, 1.82) is 0 Å². The van der Waals surface area contributed by atoms with Gasteiger partial charge in [0.1, 0.15) is 5.75 Å². The molecule has 0 aliphatic heterocycles. The van der Waals surface area contributed by atoms with Crippen LogP contribution in [0, 0.1) is 0 Å². The Hall–Kier alpha value is -1.02. The maximum Gasteiger partial charge on any atom is 0.122 e. The van der Waals surface area contributed by atoms with Crippen molar-refractivity contribution in [1.82, 2.24) is 5.32 Å². The van der Waals surface area contributed by atoms with Crippen LogP contribution < -0.4 is 10.1 Å². The van der Waals surface area contributed by atoms with Crippen LogP contribution in [0.4, 0.5) is 0 Å². The number of hydrogen-bond acceptors (Lipinski definition) is 2. The molecule has 0 heterocycles. The largest absolute Gasteiger partial charge is 0.496 e. The van der Waals surface area contributed by atoms with Crippen molar-refractivity contribution in [2.45, 2.75) is 25.8 Å².